The molecule has 0 heterocycles. The van der Waals surface area contributed by atoms with E-state index in [4.69, 9.17) is 15.3 Å². The van der Waals surface area contributed by atoms with Crippen molar-refractivity contribution in [2.24, 2.45) is 0 Å². The van der Waals surface area contributed by atoms with E-state index in [1.165, 1.54) is 14.1 Å². The average Bonchev–Trinajstić information content (AvgIpc) is 1.85. The minimum absolute atomic E-state index is 1.13. The topological polar surface area (TPSA) is 98.1 Å². The van der Waals surface area contributed by atoms with E-state index >= 15 is 0 Å². The lowest BCUT2D eigenvalue weighted by molar-refractivity contribution is -0.160. The smallest absolute Gasteiger partial charge is 0.334 e. The number of rotatable bonds is 4. The Labute approximate surface area is 69.0 Å². The Bertz CT molecular complexity index is 190. The van der Waals surface area contributed by atoms with Gasteiger partial charge in [-0.05, 0) is 14.1 Å². The van der Waals surface area contributed by atoms with Gasteiger partial charge in [0.25, 0.3) is 0 Å². The Morgan fingerprint density at radius 1 is 1.17 bits per heavy atom. The Morgan fingerprint density at radius 3 is 1.67 bits per heavy atom. The molecule has 0 aromatic rings. The van der Waals surface area contributed by atoms with Crippen molar-refractivity contribution in [1.82, 2.24) is 4.90 Å². The first kappa shape index (κ1) is 10.9. The number of hydrogen-bond acceptors (Lipinski definition) is 4. The monoisotopic (exact) mass is 177 g/mol. The molecule has 6 heteroatoms. The van der Waals surface area contributed by atoms with E-state index in [-0.39, 0.29) is 0 Å². The summed E-state index contributed by atoms with van der Waals surface area (Å²) in [5.41, 5.74) is 0. The van der Waals surface area contributed by atoms with Crippen molar-refractivity contribution < 1.29 is 24.9 Å². The number of carboxylic acids is 2. The summed E-state index contributed by atoms with van der Waals surface area (Å²) in [6.07, 6.45) is -1.91. The van der Waals surface area contributed by atoms with Crippen LogP contribution < -0.4 is 0 Å². The molecule has 0 aliphatic rings. The average molecular weight is 177 g/mol. The van der Waals surface area contributed by atoms with Crippen LogP contribution in [-0.2, 0) is 9.59 Å². The van der Waals surface area contributed by atoms with Crippen LogP contribution in [0.25, 0.3) is 0 Å². The van der Waals surface area contributed by atoms with E-state index in [2.05, 4.69) is 0 Å². The van der Waals surface area contributed by atoms with Crippen molar-refractivity contribution >= 4 is 11.9 Å². The Morgan fingerprint density at radius 2 is 1.58 bits per heavy atom. The molecular formula is C6H11NO5. The molecule has 0 saturated heterocycles. The van der Waals surface area contributed by atoms with Crippen LogP contribution >= 0.6 is 0 Å². The summed E-state index contributed by atoms with van der Waals surface area (Å²) in [5, 5.41) is 25.7. The predicted molar refractivity (Wildman–Crippen MR) is 38.8 cm³/mol. The summed E-state index contributed by atoms with van der Waals surface area (Å²) in [6.45, 7) is 0. The molecule has 0 radical (unpaired) electrons. The van der Waals surface area contributed by atoms with Gasteiger partial charge in [0.15, 0.2) is 6.10 Å². The Hall–Kier alpha value is -1.14. The van der Waals surface area contributed by atoms with Crippen molar-refractivity contribution in [2.75, 3.05) is 14.1 Å². The van der Waals surface area contributed by atoms with Gasteiger partial charge in [-0.3, -0.25) is 9.69 Å². The molecule has 70 valence electrons. The van der Waals surface area contributed by atoms with Gasteiger partial charge in [0.2, 0.25) is 0 Å². The first-order chi connectivity index (χ1) is 5.37. The van der Waals surface area contributed by atoms with E-state index < -0.39 is 24.1 Å². The molecule has 0 bridgehead atoms. The van der Waals surface area contributed by atoms with Gasteiger partial charge in [-0.2, -0.15) is 0 Å². The Kier molecular flexibility index (Phi) is 3.65. The molecule has 0 amide bonds. The quantitative estimate of drug-likeness (QED) is 0.480. The van der Waals surface area contributed by atoms with E-state index in [9.17, 15) is 9.59 Å². The summed E-state index contributed by atoms with van der Waals surface area (Å²) in [7, 11) is 2.76. The number of carboxylic acid groups (broad SMARTS) is 2. The fourth-order valence-electron chi connectivity index (χ4n) is 0.773. The highest BCUT2D eigenvalue weighted by Crippen LogP contribution is 2.01. The fraction of sp³-hybridized carbons (Fsp3) is 0.667. The zero-order chi connectivity index (χ0) is 9.89. The normalized spacial score (nSPS) is 15.7. The van der Waals surface area contributed by atoms with E-state index in [0.29, 0.717) is 0 Å². The number of aliphatic hydroxyl groups excluding tert-OH is 1. The second-order valence-electron chi connectivity index (χ2n) is 2.53. The maximum absolute atomic E-state index is 10.4. The third-order valence-electron chi connectivity index (χ3n) is 1.36. The largest absolute Gasteiger partial charge is 0.480 e. The third-order valence-corrected chi connectivity index (χ3v) is 1.36. The van der Waals surface area contributed by atoms with E-state index in [0.717, 1.165) is 4.90 Å². The van der Waals surface area contributed by atoms with Crippen LogP contribution in [0.1, 0.15) is 0 Å². The van der Waals surface area contributed by atoms with Crippen molar-refractivity contribution in [3.05, 3.63) is 0 Å². The molecule has 6 nitrogen and oxygen atoms in total. The van der Waals surface area contributed by atoms with Gasteiger partial charge in [0.05, 0.1) is 0 Å². The number of likely N-dealkylation sites (N-methyl/N-ethyl adjacent to an activating group) is 1. The second kappa shape index (κ2) is 4.03. The standard InChI is InChI=1S/C6H11NO5/c1-7(2)3(5(9)10)4(8)6(11)12/h3-4,8H,1-2H3,(H,9,10)(H,11,12)/t3-,4?/m0/s1. The number of nitrogens with zero attached hydrogens (tertiary/aromatic N) is 1. The molecule has 3 N–H and O–H groups in total. The molecule has 0 aromatic heterocycles. The molecule has 1 unspecified atom stereocenters. The lowest BCUT2D eigenvalue weighted by Crippen LogP contribution is -2.48. The highest BCUT2D eigenvalue weighted by molar-refractivity contribution is 5.84. The Balaban J connectivity index is 4.51. The maximum Gasteiger partial charge on any atom is 0.334 e. The zero-order valence-electron chi connectivity index (χ0n) is 6.76. The molecular weight excluding hydrogens is 166 g/mol. The first-order valence-corrected chi connectivity index (χ1v) is 3.18. The number of aliphatic carboxylic acids is 2. The van der Waals surface area contributed by atoms with Crippen LogP contribution in [0.15, 0.2) is 0 Å². The molecule has 0 rings (SSSR count). The minimum atomic E-state index is -1.91. The van der Waals surface area contributed by atoms with Crippen molar-refractivity contribution in [2.45, 2.75) is 12.1 Å². The van der Waals surface area contributed by atoms with Gasteiger partial charge >= 0.3 is 11.9 Å². The van der Waals surface area contributed by atoms with Gasteiger partial charge in [-0.15, -0.1) is 0 Å². The van der Waals surface area contributed by atoms with Crippen molar-refractivity contribution in [3.63, 3.8) is 0 Å². The van der Waals surface area contributed by atoms with Crippen LogP contribution in [0.3, 0.4) is 0 Å². The molecule has 0 saturated carbocycles. The summed E-state index contributed by atoms with van der Waals surface area (Å²) in [6, 6.07) is -1.41. The molecule has 2 atom stereocenters. The molecule has 0 fully saturated rings. The van der Waals surface area contributed by atoms with E-state index in [1.54, 1.807) is 0 Å². The third kappa shape index (κ3) is 2.48. The highest BCUT2D eigenvalue weighted by atomic mass is 16.4. The van der Waals surface area contributed by atoms with E-state index in [1.807, 2.05) is 0 Å². The summed E-state index contributed by atoms with van der Waals surface area (Å²) in [5.74, 6) is -2.91. The summed E-state index contributed by atoms with van der Waals surface area (Å²) < 4.78 is 0. The zero-order valence-corrected chi connectivity index (χ0v) is 6.76. The molecule has 0 aromatic carbocycles. The summed E-state index contributed by atoms with van der Waals surface area (Å²) in [4.78, 5) is 21.8. The first-order valence-electron chi connectivity index (χ1n) is 3.18. The summed E-state index contributed by atoms with van der Waals surface area (Å²) >= 11 is 0. The second-order valence-corrected chi connectivity index (χ2v) is 2.53. The van der Waals surface area contributed by atoms with Crippen LogP contribution in [0.2, 0.25) is 0 Å². The fourth-order valence-corrected chi connectivity index (χ4v) is 0.773. The maximum atomic E-state index is 10.4. The number of aliphatic hydroxyl groups is 1. The molecule has 12 heavy (non-hydrogen) atoms. The van der Waals surface area contributed by atoms with Gasteiger partial charge in [-0.25, -0.2) is 4.79 Å². The van der Waals surface area contributed by atoms with Gasteiger partial charge in [0.1, 0.15) is 6.04 Å². The van der Waals surface area contributed by atoms with Gasteiger partial charge < -0.3 is 15.3 Å². The van der Waals surface area contributed by atoms with Crippen LogP contribution in [0.5, 0.6) is 0 Å². The SMILES string of the molecule is CN(C)[C@H](C(=O)O)C(O)C(=O)O. The van der Waals surface area contributed by atoms with Gasteiger partial charge in [-0.1, -0.05) is 0 Å². The molecule has 0 aliphatic heterocycles. The molecule has 0 aliphatic carbocycles. The van der Waals surface area contributed by atoms with Crippen molar-refractivity contribution in [3.8, 4) is 0 Å². The van der Waals surface area contributed by atoms with Crippen LogP contribution in [0.4, 0.5) is 0 Å². The van der Waals surface area contributed by atoms with Crippen LogP contribution in [-0.4, -0.2) is 58.4 Å². The molecule has 0 spiro atoms. The highest BCUT2D eigenvalue weighted by Gasteiger charge is 2.33. The number of carbonyl (C=O) groups is 2. The predicted octanol–water partition coefficient (Wildman–Crippen LogP) is -1.55. The lowest BCUT2D eigenvalue weighted by atomic mass is 10.1. The lowest BCUT2D eigenvalue weighted by Gasteiger charge is -2.21. The van der Waals surface area contributed by atoms with Crippen LogP contribution in [0, 0.1) is 0 Å². The van der Waals surface area contributed by atoms with Gasteiger partial charge in [0, 0.05) is 0 Å². The van der Waals surface area contributed by atoms with Crippen molar-refractivity contribution in [1.29, 1.82) is 0 Å². The minimum Gasteiger partial charge on any atom is -0.480 e. The number of hydrogen-bond donors (Lipinski definition) is 3.